The average Bonchev–Trinajstić information content (AvgIpc) is 3.46. The molecule has 1 saturated heterocycles. The van der Waals surface area contributed by atoms with Crippen LogP contribution in [-0.2, 0) is 10.0 Å². The van der Waals surface area contributed by atoms with E-state index in [4.69, 9.17) is 10.4 Å². The molecule has 184 valence electrons. The maximum atomic E-state index is 12.4. The van der Waals surface area contributed by atoms with Crippen LogP contribution in [0.1, 0.15) is 32.7 Å². The Morgan fingerprint density at radius 3 is 2.69 bits per heavy atom. The molecule has 4 aromatic rings. The maximum absolute atomic E-state index is 12.4. The summed E-state index contributed by atoms with van der Waals surface area (Å²) in [6, 6.07) is 6.08. The molecular weight excluding hydrogens is 480 g/mol. The highest BCUT2D eigenvalue weighted by Gasteiger charge is 2.37. The number of pyridine rings is 1. The van der Waals surface area contributed by atoms with Crippen molar-refractivity contribution in [3.63, 3.8) is 0 Å². The van der Waals surface area contributed by atoms with Crippen molar-refractivity contribution in [3.8, 4) is 17.5 Å². The Morgan fingerprint density at radius 1 is 1.17 bits per heavy atom. The van der Waals surface area contributed by atoms with Crippen LogP contribution < -0.4 is 10.2 Å². The minimum Gasteiger partial charge on any atom is -0.352 e. The van der Waals surface area contributed by atoms with Crippen molar-refractivity contribution in [3.05, 3.63) is 36.9 Å². The van der Waals surface area contributed by atoms with Crippen LogP contribution in [-0.4, -0.2) is 60.7 Å². The van der Waals surface area contributed by atoms with Crippen LogP contribution in [0.3, 0.4) is 0 Å². The molecule has 1 aliphatic carbocycles. The second-order valence-corrected chi connectivity index (χ2v) is 11.5. The van der Waals surface area contributed by atoms with Gasteiger partial charge in [0.15, 0.2) is 11.6 Å². The van der Waals surface area contributed by atoms with E-state index in [2.05, 4.69) is 50.2 Å². The number of fused-ring (bicyclic) bond motifs is 1. The molecule has 0 bridgehead atoms. The zero-order valence-electron chi connectivity index (χ0n) is 19.8. The van der Waals surface area contributed by atoms with E-state index < -0.39 is 10.0 Å². The molecule has 0 radical (unpaired) electrons. The molecule has 6 rings (SSSR count). The van der Waals surface area contributed by atoms with Crippen molar-refractivity contribution in [1.82, 2.24) is 33.9 Å². The molecule has 13 heteroatoms. The van der Waals surface area contributed by atoms with Crippen LogP contribution in [0, 0.1) is 17.2 Å². The fourth-order valence-electron chi connectivity index (χ4n) is 4.22. The molecule has 5 heterocycles. The average molecular weight is 505 g/mol. The predicted octanol–water partition coefficient (Wildman–Crippen LogP) is 2.71. The summed E-state index contributed by atoms with van der Waals surface area (Å²) in [7, 11) is -3.45. The van der Waals surface area contributed by atoms with Crippen molar-refractivity contribution in [2.24, 2.45) is 5.92 Å². The van der Waals surface area contributed by atoms with E-state index in [0.717, 1.165) is 20.8 Å². The van der Waals surface area contributed by atoms with Crippen LogP contribution in [0.2, 0.25) is 0 Å². The van der Waals surface area contributed by atoms with Crippen molar-refractivity contribution >= 4 is 38.4 Å². The van der Waals surface area contributed by atoms with E-state index in [-0.39, 0.29) is 17.2 Å². The Morgan fingerprint density at radius 2 is 1.97 bits per heavy atom. The van der Waals surface area contributed by atoms with Gasteiger partial charge >= 0.3 is 0 Å². The molecule has 1 saturated carbocycles. The molecule has 2 aliphatic rings. The lowest BCUT2D eigenvalue weighted by Gasteiger charge is -2.35. The van der Waals surface area contributed by atoms with E-state index in [1.165, 1.54) is 12.4 Å². The van der Waals surface area contributed by atoms with Crippen molar-refractivity contribution in [2.75, 3.05) is 23.3 Å². The van der Waals surface area contributed by atoms with Crippen LogP contribution in [0.25, 0.3) is 22.3 Å². The molecule has 0 spiro atoms. The predicted molar refractivity (Wildman–Crippen MR) is 133 cm³/mol. The third kappa shape index (κ3) is 3.83. The number of hydrogen-bond donors (Lipinski definition) is 1. The molecule has 1 aliphatic heterocycles. The summed E-state index contributed by atoms with van der Waals surface area (Å²) in [5.74, 6) is 2.33. The van der Waals surface area contributed by atoms with Crippen LogP contribution in [0.4, 0.5) is 17.5 Å². The smallest absolute Gasteiger partial charge is 0.256 e. The van der Waals surface area contributed by atoms with Crippen molar-refractivity contribution in [2.45, 2.75) is 38.0 Å². The monoisotopic (exact) mass is 504 g/mol. The van der Waals surface area contributed by atoms with Crippen LogP contribution in [0.5, 0.6) is 0 Å². The second-order valence-electron chi connectivity index (χ2n) is 9.42. The third-order valence-corrected chi connectivity index (χ3v) is 8.40. The van der Waals surface area contributed by atoms with Gasteiger partial charge in [-0.1, -0.05) is 0 Å². The third-order valence-electron chi connectivity index (χ3n) is 6.36. The van der Waals surface area contributed by atoms with Gasteiger partial charge in [0.25, 0.3) is 10.0 Å². The maximum Gasteiger partial charge on any atom is 0.256 e. The topological polar surface area (TPSA) is 148 Å². The van der Waals surface area contributed by atoms with Crippen LogP contribution >= 0.6 is 0 Å². The number of hydrogen-bond acceptors (Lipinski definition) is 10. The summed E-state index contributed by atoms with van der Waals surface area (Å²) >= 11 is 0. The lowest BCUT2D eigenvalue weighted by Crippen LogP contribution is -2.46. The SMILES string of the molecule is CC(C)n1nc(N2CC(C#N)C2)c2cnc(Nc3ccnc(-c4cnn(S(=O)(=O)C5CC5)c4)n3)cc21. The lowest BCUT2D eigenvalue weighted by atomic mass is 10.0. The zero-order chi connectivity index (χ0) is 25.0. The minimum absolute atomic E-state index is 0.0334. The molecule has 0 atom stereocenters. The summed E-state index contributed by atoms with van der Waals surface area (Å²) < 4.78 is 27.9. The fourth-order valence-corrected chi connectivity index (χ4v) is 5.70. The van der Waals surface area contributed by atoms with Gasteiger partial charge in [0.05, 0.1) is 46.1 Å². The van der Waals surface area contributed by atoms with Gasteiger partial charge in [-0.2, -0.15) is 19.5 Å². The summed E-state index contributed by atoms with van der Waals surface area (Å²) in [5, 5.41) is 21.7. The van der Waals surface area contributed by atoms with Gasteiger partial charge in [-0.15, -0.1) is 0 Å². The molecule has 12 nitrogen and oxygen atoms in total. The standard InChI is InChI=1S/C23H24N10O2S/c1-14(2)33-19-7-21(26-10-18(19)23(30-33)31-11-15(8-24)12-31)28-20-5-6-25-22(29-20)16-9-27-32(13-16)36(34,35)17-3-4-17/h5-7,9-10,13-15,17H,3-4,11-12H2,1-2H3,(H,25,26,28,29). The molecule has 36 heavy (non-hydrogen) atoms. The fraction of sp³-hybridized carbons (Fsp3) is 0.391. The summed E-state index contributed by atoms with van der Waals surface area (Å²) in [6.07, 6.45) is 7.63. The van der Waals surface area contributed by atoms with Gasteiger partial charge in [0.1, 0.15) is 11.6 Å². The van der Waals surface area contributed by atoms with Crippen molar-refractivity contribution < 1.29 is 8.42 Å². The first-order valence-corrected chi connectivity index (χ1v) is 13.3. The van der Waals surface area contributed by atoms with E-state index in [1.807, 2.05) is 10.7 Å². The quantitative estimate of drug-likeness (QED) is 0.398. The van der Waals surface area contributed by atoms with Gasteiger partial charge in [-0.3, -0.25) is 4.68 Å². The first-order chi connectivity index (χ1) is 17.3. The molecule has 0 unspecified atom stereocenters. The first kappa shape index (κ1) is 22.4. The Kier molecular flexibility index (Phi) is 5.15. The molecular formula is C23H24N10O2S. The highest BCUT2D eigenvalue weighted by Crippen LogP contribution is 2.34. The zero-order valence-corrected chi connectivity index (χ0v) is 20.6. The van der Waals surface area contributed by atoms with Gasteiger partial charge in [-0.05, 0) is 32.8 Å². The van der Waals surface area contributed by atoms with Gasteiger partial charge in [0.2, 0.25) is 0 Å². The first-order valence-electron chi connectivity index (χ1n) is 11.8. The Labute approximate surface area is 207 Å². The van der Waals surface area contributed by atoms with E-state index in [1.54, 1.807) is 18.5 Å². The summed E-state index contributed by atoms with van der Waals surface area (Å²) in [4.78, 5) is 15.5. The van der Waals surface area contributed by atoms with E-state index in [0.29, 0.717) is 49.0 Å². The normalized spacial score (nSPS) is 16.3. The number of nitrogens with one attached hydrogen (secondary N) is 1. The number of nitriles is 1. The summed E-state index contributed by atoms with van der Waals surface area (Å²) in [6.45, 7) is 5.47. The second kappa shape index (κ2) is 8.27. The Hall–Kier alpha value is -4.05. The number of aromatic nitrogens is 7. The van der Waals surface area contributed by atoms with E-state index >= 15 is 0 Å². The minimum atomic E-state index is -3.45. The largest absolute Gasteiger partial charge is 0.352 e. The molecule has 4 aromatic heterocycles. The number of rotatable bonds is 7. The van der Waals surface area contributed by atoms with Crippen molar-refractivity contribution in [1.29, 1.82) is 5.26 Å². The Balaban J connectivity index is 1.27. The summed E-state index contributed by atoms with van der Waals surface area (Å²) in [5.41, 5.74) is 1.44. The highest BCUT2D eigenvalue weighted by atomic mass is 32.2. The number of anilines is 3. The lowest BCUT2D eigenvalue weighted by molar-refractivity contribution is 0.488. The van der Waals surface area contributed by atoms with Gasteiger partial charge in [0, 0.05) is 37.6 Å². The highest BCUT2D eigenvalue weighted by molar-refractivity contribution is 7.90. The molecule has 0 amide bonds. The Bertz CT molecular complexity index is 1610. The van der Waals surface area contributed by atoms with Crippen LogP contribution in [0.15, 0.2) is 36.9 Å². The molecule has 1 N–H and O–H groups in total. The van der Waals surface area contributed by atoms with E-state index in [9.17, 15) is 8.42 Å². The molecule has 2 fully saturated rings. The number of nitrogens with zero attached hydrogens (tertiary/aromatic N) is 9. The molecule has 0 aromatic carbocycles. The van der Waals surface area contributed by atoms with Gasteiger partial charge in [-0.25, -0.2) is 23.4 Å². The van der Waals surface area contributed by atoms with Gasteiger partial charge < -0.3 is 10.2 Å².